The number of phenolic OH excluding ortho intramolecular Hbond substituents is 1. The van der Waals surface area contributed by atoms with Crippen molar-refractivity contribution in [3.05, 3.63) is 23.4 Å². The molecule has 1 saturated heterocycles. The molecule has 3 heterocycles. The van der Waals surface area contributed by atoms with E-state index in [0.717, 1.165) is 37.5 Å². The quantitative estimate of drug-likeness (QED) is 0.563. The van der Waals surface area contributed by atoms with Gasteiger partial charge in [-0.15, -0.1) is 0 Å². The average Bonchev–Trinajstić information content (AvgIpc) is 3.11. The molecule has 0 radical (unpaired) electrons. The Morgan fingerprint density at radius 2 is 2.15 bits per heavy atom. The molecular weight excluding hydrogens is 420 g/mol. The van der Waals surface area contributed by atoms with Crippen LogP contribution in [0.4, 0.5) is 5.69 Å². The summed E-state index contributed by atoms with van der Waals surface area (Å²) in [5.74, 6) is 1.39. The van der Waals surface area contributed by atoms with Gasteiger partial charge in [0.15, 0.2) is 5.82 Å². The lowest BCUT2D eigenvalue weighted by molar-refractivity contribution is -0.124. The number of morpholine rings is 1. The molecule has 1 unspecified atom stereocenters. The highest BCUT2D eigenvalue weighted by atomic mass is 16.5. The van der Waals surface area contributed by atoms with Gasteiger partial charge < -0.3 is 19.7 Å². The Bertz CT molecular complexity index is 1240. The van der Waals surface area contributed by atoms with E-state index in [-0.39, 0.29) is 17.7 Å². The third-order valence-electron chi connectivity index (χ3n) is 7.97. The zero-order chi connectivity index (χ0) is 22.9. The van der Waals surface area contributed by atoms with E-state index < -0.39 is 0 Å². The fourth-order valence-corrected chi connectivity index (χ4v) is 5.57. The predicted molar refractivity (Wildman–Crippen MR) is 124 cm³/mol. The number of hydrogen-bond donors (Lipinski definition) is 3. The minimum absolute atomic E-state index is 0.0238. The van der Waals surface area contributed by atoms with Gasteiger partial charge in [-0.25, -0.2) is 4.98 Å². The normalized spacial score (nSPS) is 25.5. The van der Waals surface area contributed by atoms with Crippen LogP contribution in [-0.2, 0) is 22.4 Å². The van der Waals surface area contributed by atoms with Crippen LogP contribution in [0.1, 0.15) is 31.5 Å². The highest BCUT2D eigenvalue weighted by molar-refractivity contribution is 5.99. The summed E-state index contributed by atoms with van der Waals surface area (Å²) < 4.78 is 5.40. The monoisotopic (exact) mass is 450 g/mol. The Morgan fingerprint density at radius 3 is 2.94 bits per heavy atom. The molecule has 1 amide bonds. The first-order valence-corrected chi connectivity index (χ1v) is 11.7. The van der Waals surface area contributed by atoms with E-state index in [2.05, 4.69) is 32.0 Å². The standard InChI is InChI=1S/C24H30N6O3/c1-13(30-4-6-33-7-5-30)23(32)29(3)15-9-17-21(19(31)10-15)26-22(25-17)20-16-8-14-11-24(14,2)12-18(16)27-28-20/h9-10,13-14,31H,4-8,11-12H2,1-3H3,(H,25,26)(H,27,28)/t13?,14-,24-/m1/s1. The number of H-pyrrole nitrogens is 2. The van der Waals surface area contributed by atoms with Crippen molar-refractivity contribution < 1.29 is 14.6 Å². The van der Waals surface area contributed by atoms with Crippen molar-refractivity contribution in [1.82, 2.24) is 25.1 Å². The first-order chi connectivity index (χ1) is 15.8. The third kappa shape index (κ3) is 3.33. The molecule has 1 aromatic carbocycles. The number of rotatable bonds is 4. The topological polar surface area (TPSA) is 110 Å². The van der Waals surface area contributed by atoms with Gasteiger partial charge in [0.2, 0.25) is 5.91 Å². The molecule has 33 heavy (non-hydrogen) atoms. The molecule has 9 heteroatoms. The lowest BCUT2D eigenvalue weighted by Crippen LogP contribution is -2.50. The maximum atomic E-state index is 13.1. The molecule has 2 aromatic heterocycles. The van der Waals surface area contributed by atoms with Crippen LogP contribution in [0.2, 0.25) is 0 Å². The van der Waals surface area contributed by atoms with E-state index in [9.17, 15) is 9.90 Å². The Balaban J connectivity index is 1.29. The van der Waals surface area contributed by atoms with Crippen LogP contribution in [0.15, 0.2) is 12.1 Å². The molecule has 174 valence electrons. The smallest absolute Gasteiger partial charge is 0.243 e. The number of anilines is 1. The summed E-state index contributed by atoms with van der Waals surface area (Å²) in [5.41, 5.74) is 5.49. The molecular formula is C24H30N6O3. The fourth-order valence-electron chi connectivity index (χ4n) is 5.57. The van der Waals surface area contributed by atoms with Gasteiger partial charge >= 0.3 is 0 Å². The highest BCUT2D eigenvalue weighted by Gasteiger charge is 2.53. The van der Waals surface area contributed by atoms with E-state index in [1.54, 1.807) is 18.0 Å². The zero-order valence-corrected chi connectivity index (χ0v) is 19.3. The number of nitrogens with one attached hydrogen (secondary N) is 2. The van der Waals surface area contributed by atoms with E-state index in [4.69, 9.17) is 4.74 Å². The SMILES string of the molecule is CC(C(=O)N(C)c1cc(O)c2nc(-c3n[nH]c4c3C[C@@H]3C[C@]3(C)C4)[nH]c2c1)N1CCOCC1. The number of phenols is 1. The second kappa shape index (κ2) is 7.30. The molecule has 9 nitrogen and oxygen atoms in total. The zero-order valence-electron chi connectivity index (χ0n) is 19.3. The first kappa shape index (κ1) is 20.7. The molecule has 6 rings (SSSR count). The molecule has 3 aromatic rings. The minimum atomic E-state index is -0.266. The summed E-state index contributed by atoms with van der Waals surface area (Å²) in [7, 11) is 1.74. The average molecular weight is 451 g/mol. The van der Waals surface area contributed by atoms with Gasteiger partial charge in [-0.2, -0.15) is 5.10 Å². The van der Waals surface area contributed by atoms with Crippen molar-refractivity contribution in [2.24, 2.45) is 11.3 Å². The lowest BCUT2D eigenvalue weighted by Gasteiger charge is -2.33. The number of aromatic hydroxyl groups is 1. The van der Waals surface area contributed by atoms with Crippen LogP contribution in [-0.4, -0.2) is 75.5 Å². The van der Waals surface area contributed by atoms with Crippen LogP contribution in [0.3, 0.4) is 0 Å². The van der Waals surface area contributed by atoms with Gasteiger partial charge in [-0.1, -0.05) is 6.92 Å². The number of carbonyl (C=O) groups is 1. The van der Waals surface area contributed by atoms with Crippen molar-refractivity contribution in [3.8, 4) is 17.3 Å². The van der Waals surface area contributed by atoms with Crippen LogP contribution in [0, 0.1) is 11.3 Å². The maximum absolute atomic E-state index is 13.1. The lowest BCUT2D eigenvalue weighted by atomic mass is 9.88. The Labute approximate surface area is 192 Å². The molecule has 2 fully saturated rings. The molecule has 1 aliphatic heterocycles. The van der Waals surface area contributed by atoms with E-state index in [1.165, 1.54) is 17.7 Å². The van der Waals surface area contributed by atoms with E-state index in [1.807, 2.05) is 13.0 Å². The van der Waals surface area contributed by atoms with Crippen LogP contribution in [0.5, 0.6) is 5.75 Å². The van der Waals surface area contributed by atoms with Gasteiger partial charge in [0.1, 0.15) is 17.0 Å². The first-order valence-electron chi connectivity index (χ1n) is 11.7. The summed E-state index contributed by atoms with van der Waals surface area (Å²) >= 11 is 0. The van der Waals surface area contributed by atoms with Crippen LogP contribution in [0.25, 0.3) is 22.6 Å². The second-order valence-electron chi connectivity index (χ2n) is 10.1. The third-order valence-corrected chi connectivity index (χ3v) is 7.97. The molecule has 3 atom stereocenters. The molecule has 1 saturated carbocycles. The van der Waals surface area contributed by atoms with Gasteiger partial charge in [0.05, 0.1) is 24.8 Å². The van der Waals surface area contributed by atoms with Crippen molar-refractivity contribution in [3.63, 3.8) is 0 Å². The maximum Gasteiger partial charge on any atom is 0.243 e. The van der Waals surface area contributed by atoms with Crippen molar-refractivity contribution in [2.45, 2.75) is 39.2 Å². The van der Waals surface area contributed by atoms with Crippen LogP contribution < -0.4 is 4.90 Å². The predicted octanol–water partition coefficient (Wildman–Crippen LogP) is 2.47. The number of ether oxygens (including phenoxy) is 1. The van der Waals surface area contributed by atoms with Crippen molar-refractivity contribution in [1.29, 1.82) is 0 Å². The Kier molecular flexibility index (Phi) is 4.57. The van der Waals surface area contributed by atoms with E-state index in [0.29, 0.717) is 41.2 Å². The van der Waals surface area contributed by atoms with E-state index >= 15 is 0 Å². The number of amides is 1. The van der Waals surface area contributed by atoms with Gasteiger partial charge in [-0.3, -0.25) is 14.8 Å². The Hall–Kier alpha value is -2.91. The molecule has 0 bridgehead atoms. The number of likely N-dealkylation sites (N-methyl/N-ethyl adjacent to an activating group) is 1. The number of fused-ring (bicyclic) bond motifs is 3. The largest absolute Gasteiger partial charge is 0.506 e. The molecule has 0 spiro atoms. The van der Waals surface area contributed by atoms with Gasteiger partial charge in [-0.05, 0) is 43.6 Å². The number of imidazole rings is 1. The number of nitrogens with zero attached hydrogens (tertiary/aromatic N) is 4. The number of aromatic nitrogens is 4. The number of aromatic amines is 2. The highest BCUT2D eigenvalue weighted by Crippen LogP contribution is 2.59. The molecule has 3 N–H and O–H groups in total. The summed E-state index contributed by atoms with van der Waals surface area (Å²) in [5, 5.41) is 18.5. The van der Waals surface area contributed by atoms with Crippen molar-refractivity contribution >= 4 is 22.6 Å². The van der Waals surface area contributed by atoms with Crippen molar-refractivity contribution in [2.75, 3.05) is 38.3 Å². The van der Waals surface area contributed by atoms with Gasteiger partial charge in [0.25, 0.3) is 0 Å². The minimum Gasteiger partial charge on any atom is -0.506 e. The molecule has 2 aliphatic carbocycles. The van der Waals surface area contributed by atoms with Gasteiger partial charge in [0, 0.05) is 43.1 Å². The fraction of sp³-hybridized carbons (Fsp3) is 0.542. The summed E-state index contributed by atoms with van der Waals surface area (Å²) in [6.45, 7) is 7.03. The summed E-state index contributed by atoms with van der Waals surface area (Å²) in [4.78, 5) is 24.8. The van der Waals surface area contributed by atoms with Crippen LogP contribution >= 0.6 is 0 Å². The summed E-state index contributed by atoms with van der Waals surface area (Å²) in [6, 6.07) is 3.21. The number of benzene rings is 1. The second-order valence-corrected chi connectivity index (χ2v) is 10.1. The summed E-state index contributed by atoms with van der Waals surface area (Å²) in [6.07, 6.45) is 3.31. The Morgan fingerprint density at radius 1 is 1.36 bits per heavy atom. The number of hydrogen-bond acceptors (Lipinski definition) is 6. The molecule has 3 aliphatic rings. The number of carbonyl (C=O) groups excluding carboxylic acids is 1.